The van der Waals surface area contributed by atoms with Crippen LogP contribution in [-0.4, -0.2) is 45.7 Å². The van der Waals surface area contributed by atoms with Gasteiger partial charge in [-0.3, -0.25) is 0 Å². The molecule has 1 atom stereocenters. The van der Waals surface area contributed by atoms with Crippen LogP contribution in [0.1, 0.15) is 27.0 Å². The molecule has 0 aliphatic carbocycles. The zero-order valence-corrected chi connectivity index (χ0v) is 27.0. The van der Waals surface area contributed by atoms with E-state index in [1.165, 1.54) is 6.07 Å². The molecule has 2 N–H and O–H groups in total. The second kappa shape index (κ2) is 9.97. The topological polar surface area (TPSA) is 76.0 Å². The number of ether oxygens (including phenoxy) is 2. The summed E-state index contributed by atoms with van der Waals surface area (Å²) in [5.74, 6) is -0.262. The number of phenols is 2. The summed E-state index contributed by atoms with van der Waals surface area (Å²) in [6, 6.07) is 3.06. The molecule has 0 saturated heterocycles. The van der Waals surface area contributed by atoms with Crippen LogP contribution in [0.3, 0.4) is 0 Å². The van der Waals surface area contributed by atoms with E-state index in [1.54, 1.807) is 6.07 Å². The van der Waals surface area contributed by atoms with Gasteiger partial charge in [0.15, 0.2) is 17.1 Å². The average molecular weight is 998 g/mol. The summed E-state index contributed by atoms with van der Waals surface area (Å²) < 4.78 is 14.2. The Morgan fingerprint density at radius 2 is 1.38 bits per heavy atom. The number of rotatable bonds is 0. The summed E-state index contributed by atoms with van der Waals surface area (Å²) in [6.07, 6.45) is 0. The summed E-state index contributed by atoms with van der Waals surface area (Å²) in [4.78, 5) is 13.3. The normalized spacial score (nSPS) is 17.5. The van der Waals surface area contributed by atoms with E-state index in [4.69, 9.17) is 55.9 Å². The second-order valence-corrected chi connectivity index (χ2v) is 12.8. The zero-order chi connectivity index (χ0) is 24.1. The zero-order valence-electron chi connectivity index (χ0n) is 15.3. The summed E-state index contributed by atoms with van der Waals surface area (Å²) >= 11 is 33.8. The molecule has 14 heteroatoms. The number of phenolic OH excluding ortho intramolecular Hbond substituents is 2. The molecule has 0 saturated carbocycles. The molecule has 3 aromatic carbocycles. The molecule has 2 aliphatic rings. The average Bonchev–Trinajstić information content (AvgIpc) is 3.08. The van der Waals surface area contributed by atoms with Gasteiger partial charge in [0.25, 0.3) is 0 Å². The van der Waals surface area contributed by atoms with Crippen molar-refractivity contribution < 1.29 is 24.5 Å². The molecular weight excluding hydrogens is 993 g/mol. The van der Waals surface area contributed by atoms with Crippen molar-refractivity contribution in [3.05, 3.63) is 68.8 Å². The fourth-order valence-electron chi connectivity index (χ4n) is 3.96. The molecule has 5 nitrogen and oxygen atoms in total. The Kier molecular flexibility index (Phi) is 8.39. The maximum atomic E-state index is 13.3. The fraction of sp³-hybridized carbons (Fsp3) is 0.0500. The Labute approximate surface area is 289 Å². The first kappa shape index (κ1) is 28.6. The molecule has 0 amide bonds. The van der Waals surface area contributed by atoms with Crippen molar-refractivity contribution in [2.45, 2.75) is 5.60 Å². The number of esters is 1. The van der Waals surface area contributed by atoms with Crippen LogP contribution in [0.15, 0.2) is 12.1 Å². The molecular formula is C20H5Cl4I4NaO5. The molecule has 1 unspecified atom stereocenters. The molecule has 172 valence electrons. The first-order valence-electron chi connectivity index (χ1n) is 8.64. The van der Waals surface area contributed by atoms with Gasteiger partial charge in [-0.25, -0.2) is 4.79 Å². The third kappa shape index (κ3) is 3.75. The molecule has 2 heterocycles. The minimum absolute atomic E-state index is 0. The van der Waals surface area contributed by atoms with Crippen LogP contribution < -0.4 is 4.74 Å². The Morgan fingerprint density at radius 1 is 0.765 bits per heavy atom. The number of hydrogen-bond donors (Lipinski definition) is 2. The Morgan fingerprint density at radius 3 is 2.03 bits per heavy atom. The van der Waals surface area contributed by atoms with Crippen LogP contribution in [0.4, 0.5) is 0 Å². The molecule has 0 radical (unpaired) electrons. The predicted octanol–water partition coefficient (Wildman–Crippen LogP) is 8.05. The quantitative estimate of drug-likeness (QED) is 0.0785. The van der Waals surface area contributed by atoms with Crippen LogP contribution in [0.25, 0.3) is 0 Å². The number of halogens is 8. The molecule has 34 heavy (non-hydrogen) atoms. The number of benzene rings is 3. The van der Waals surface area contributed by atoms with Crippen molar-refractivity contribution in [3.63, 3.8) is 0 Å². The van der Waals surface area contributed by atoms with Crippen LogP contribution in [0.5, 0.6) is 23.0 Å². The first-order chi connectivity index (χ1) is 15.4. The standard InChI is InChI=1S/C20H4Cl4I4O5.Na.H/c21-8-5-6(9(22)11(24)10(8)23)20(33-19(5)31)3-1-2-4(29)12(25)17(3)32-18-7(20)13(26)14(27)16(30)15(18)28;;/h1-2,29-30H;;. The van der Waals surface area contributed by atoms with Crippen LogP contribution in [-0.2, 0) is 10.3 Å². The van der Waals surface area contributed by atoms with E-state index in [1.807, 2.05) is 67.8 Å². The Bertz CT molecular complexity index is 1470. The SMILES string of the molecule is O=C1OC2(c3ccc(O)c(I)c3Oc3c(I)c(O)c(I)c(I)c32)c2c(Cl)c(Cl)c(Cl)c(Cl)c21.[NaH]. The minimum atomic E-state index is -1.62. The van der Waals surface area contributed by atoms with E-state index in [0.29, 0.717) is 25.4 Å². The van der Waals surface area contributed by atoms with Crippen LogP contribution in [0, 0.1) is 14.3 Å². The molecule has 1 spiro atoms. The predicted molar refractivity (Wildman–Crippen MR) is 166 cm³/mol. The fourth-order valence-corrected chi connectivity index (χ4v) is 8.19. The summed E-state index contributed by atoms with van der Waals surface area (Å²) in [5, 5.41) is 20.9. The molecule has 3 aromatic rings. The Balaban J connectivity index is 0.00000274. The molecule has 0 fully saturated rings. The monoisotopic (exact) mass is 995 g/mol. The van der Waals surface area contributed by atoms with Gasteiger partial charge in [0.2, 0.25) is 0 Å². The molecule has 0 bridgehead atoms. The van der Waals surface area contributed by atoms with E-state index in [9.17, 15) is 15.0 Å². The van der Waals surface area contributed by atoms with Gasteiger partial charge in [0.1, 0.15) is 11.5 Å². The van der Waals surface area contributed by atoms with Crippen LogP contribution in [0.2, 0.25) is 20.1 Å². The van der Waals surface area contributed by atoms with Gasteiger partial charge in [0, 0.05) is 14.7 Å². The number of carbonyl (C=O) groups is 1. The van der Waals surface area contributed by atoms with Gasteiger partial charge in [-0.15, -0.1) is 0 Å². The third-order valence-electron chi connectivity index (χ3n) is 5.34. The van der Waals surface area contributed by atoms with Gasteiger partial charge >= 0.3 is 35.5 Å². The van der Waals surface area contributed by atoms with Crippen molar-refractivity contribution >= 4 is 172 Å². The van der Waals surface area contributed by atoms with Crippen molar-refractivity contribution in [2.75, 3.05) is 0 Å². The number of fused-ring (bicyclic) bond motifs is 6. The first-order valence-corrected chi connectivity index (χ1v) is 14.5. The van der Waals surface area contributed by atoms with Crippen molar-refractivity contribution in [1.82, 2.24) is 0 Å². The van der Waals surface area contributed by atoms with Gasteiger partial charge in [0.05, 0.1) is 41.9 Å². The third-order valence-corrected chi connectivity index (χ3v) is 12.3. The van der Waals surface area contributed by atoms with E-state index < -0.39 is 11.6 Å². The summed E-state index contributed by atoms with van der Waals surface area (Å²) in [5.41, 5.74) is -0.548. The summed E-state index contributed by atoms with van der Waals surface area (Å²) in [7, 11) is 0. The van der Waals surface area contributed by atoms with E-state index in [0.717, 1.165) is 0 Å². The molecule has 2 aliphatic heterocycles. The van der Waals surface area contributed by atoms with Crippen molar-refractivity contribution in [2.24, 2.45) is 0 Å². The molecule has 5 rings (SSSR count). The van der Waals surface area contributed by atoms with Crippen molar-refractivity contribution in [1.29, 1.82) is 0 Å². The second-order valence-electron chi connectivity index (χ2n) is 6.95. The number of carbonyl (C=O) groups excluding carboxylic acids is 1. The van der Waals surface area contributed by atoms with Gasteiger partial charge in [-0.2, -0.15) is 0 Å². The number of aromatic hydroxyl groups is 2. The molecule has 0 aromatic heterocycles. The van der Waals surface area contributed by atoms with Crippen LogP contribution >= 0.6 is 137 Å². The van der Waals surface area contributed by atoms with E-state index >= 15 is 0 Å². The van der Waals surface area contributed by atoms with Gasteiger partial charge in [-0.05, 0) is 102 Å². The Hall–Kier alpha value is 1.61. The van der Waals surface area contributed by atoms with Crippen molar-refractivity contribution in [3.8, 4) is 23.0 Å². The van der Waals surface area contributed by atoms with E-state index in [-0.39, 0.29) is 83.8 Å². The number of hydrogen-bond acceptors (Lipinski definition) is 5. The van der Waals surface area contributed by atoms with E-state index in [2.05, 4.69) is 22.6 Å². The van der Waals surface area contributed by atoms with Gasteiger partial charge in [-0.1, -0.05) is 46.4 Å². The summed E-state index contributed by atoms with van der Waals surface area (Å²) in [6.45, 7) is 0. The maximum absolute atomic E-state index is 13.3. The van der Waals surface area contributed by atoms with Gasteiger partial charge < -0.3 is 19.7 Å².